The van der Waals surface area contributed by atoms with Gasteiger partial charge < -0.3 is 0 Å². The average Bonchev–Trinajstić information content (AvgIpc) is 2.17. The van der Waals surface area contributed by atoms with Crippen molar-refractivity contribution in [3.63, 3.8) is 0 Å². The molecule has 0 rings (SSSR count). The minimum atomic E-state index is 0.429. The van der Waals surface area contributed by atoms with Gasteiger partial charge in [0.1, 0.15) is 0 Å². The largest absolute Gasteiger partial charge is 0.0810 e. The average molecular weight is 234 g/mol. The maximum absolute atomic E-state index is 2.36. The van der Waals surface area contributed by atoms with E-state index in [1.54, 1.807) is 24.6 Å². The molecule has 0 bridgehead atoms. The van der Waals surface area contributed by atoms with Crippen LogP contribution in [-0.4, -0.2) is 24.6 Å². The van der Waals surface area contributed by atoms with Crippen LogP contribution in [0.2, 0.25) is 0 Å². The number of hydrogen-bond acceptors (Lipinski definition) is 0. The van der Waals surface area contributed by atoms with E-state index in [4.69, 9.17) is 0 Å². The molecule has 0 atom stereocenters. The molecule has 0 radical (unpaired) electrons. The monoisotopic (exact) mass is 234 g/mol. The van der Waals surface area contributed by atoms with Crippen LogP contribution in [-0.2, 0) is 0 Å². The Kier molecular flexibility index (Phi) is 11.0. The zero-order valence-electron chi connectivity index (χ0n) is 10.6. The van der Waals surface area contributed by atoms with Crippen molar-refractivity contribution in [1.29, 1.82) is 0 Å². The van der Waals surface area contributed by atoms with Crippen molar-refractivity contribution in [1.82, 2.24) is 0 Å². The lowest BCUT2D eigenvalue weighted by Crippen LogP contribution is -1.94. The first-order valence-electron chi connectivity index (χ1n) is 6.29. The fraction of sp³-hybridized carbons (Fsp3) is 1.00. The van der Waals surface area contributed by atoms with Crippen LogP contribution in [0, 0.1) is 0 Å². The number of hydrogen-bond donors (Lipinski definition) is 0. The van der Waals surface area contributed by atoms with Crippen LogP contribution >= 0.6 is 15.2 Å². The summed E-state index contributed by atoms with van der Waals surface area (Å²) in [7, 11) is 0.858. The topological polar surface area (TPSA) is 0 Å². The van der Waals surface area contributed by atoms with Crippen LogP contribution in [0.25, 0.3) is 0 Å². The summed E-state index contributed by atoms with van der Waals surface area (Å²) < 4.78 is 0. The highest BCUT2D eigenvalue weighted by atomic mass is 32.1. The Balaban J connectivity index is 4.06. The smallest absolute Gasteiger partial charge is 0.0290 e. The van der Waals surface area contributed by atoms with Crippen molar-refractivity contribution < 1.29 is 0 Å². The molecule has 86 valence electrons. The lowest BCUT2D eigenvalue weighted by Gasteiger charge is -2.27. The summed E-state index contributed by atoms with van der Waals surface area (Å²) in [6.45, 7) is 9.43. The molecule has 0 unspecified atom stereocenters. The van der Waals surface area contributed by atoms with E-state index >= 15 is 0 Å². The second-order valence-electron chi connectivity index (χ2n) is 3.91. The van der Waals surface area contributed by atoms with Crippen LogP contribution in [0.1, 0.15) is 53.4 Å². The van der Waals surface area contributed by atoms with Crippen molar-refractivity contribution in [3.05, 3.63) is 0 Å². The Hall–Kier alpha value is 0.860. The predicted molar refractivity (Wildman–Crippen MR) is 74.5 cm³/mol. The third-order valence-electron chi connectivity index (χ3n) is 2.33. The van der Waals surface area contributed by atoms with Crippen molar-refractivity contribution in [2.45, 2.75) is 53.4 Å². The van der Waals surface area contributed by atoms with Gasteiger partial charge in [-0.1, -0.05) is 68.6 Å². The molecule has 0 aliphatic rings. The summed E-state index contributed by atoms with van der Waals surface area (Å²) >= 11 is 0. The van der Waals surface area contributed by atoms with Crippen molar-refractivity contribution >= 4 is 15.2 Å². The molecule has 2 heteroatoms. The van der Waals surface area contributed by atoms with Gasteiger partial charge in [-0.3, -0.25) is 0 Å². The van der Waals surface area contributed by atoms with Crippen LogP contribution in [0.5, 0.6) is 0 Å². The van der Waals surface area contributed by atoms with E-state index in [0.717, 1.165) is 0 Å². The van der Waals surface area contributed by atoms with E-state index in [9.17, 15) is 0 Å². The first-order valence-corrected chi connectivity index (χ1v) is 10.4. The van der Waals surface area contributed by atoms with Crippen LogP contribution in [0.3, 0.4) is 0 Å². The third kappa shape index (κ3) is 6.36. The third-order valence-corrected chi connectivity index (χ3v) is 11.8. The maximum atomic E-state index is 2.36. The van der Waals surface area contributed by atoms with Crippen molar-refractivity contribution in [2.75, 3.05) is 24.6 Å². The lowest BCUT2D eigenvalue weighted by atomic mass is 10.6. The Bertz CT molecular complexity index is 88.9. The van der Waals surface area contributed by atoms with Gasteiger partial charge in [0, 0.05) is 0 Å². The first kappa shape index (κ1) is 14.9. The van der Waals surface area contributed by atoms with Gasteiger partial charge in [0.25, 0.3) is 0 Å². The quantitative estimate of drug-likeness (QED) is 0.462. The molecular weight excluding hydrogens is 206 g/mol. The molecule has 0 N–H and O–H groups in total. The Labute approximate surface area is 93.6 Å². The summed E-state index contributed by atoms with van der Waals surface area (Å²) in [6, 6.07) is 0. The molecule has 0 saturated heterocycles. The molecule has 0 nitrogen and oxygen atoms in total. The van der Waals surface area contributed by atoms with Gasteiger partial charge in [0.15, 0.2) is 0 Å². The summed E-state index contributed by atoms with van der Waals surface area (Å²) in [5.74, 6) is 0. The molecule has 0 fully saturated rings. The Morgan fingerprint density at radius 2 is 0.714 bits per heavy atom. The highest BCUT2D eigenvalue weighted by Gasteiger charge is 2.16. The summed E-state index contributed by atoms with van der Waals surface area (Å²) in [5, 5.41) is 0. The SMILES string of the molecule is CCCP(CCC)P(CCC)CCC. The Morgan fingerprint density at radius 3 is 0.857 bits per heavy atom. The van der Waals surface area contributed by atoms with Crippen molar-refractivity contribution in [2.24, 2.45) is 0 Å². The van der Waals surface area contributed by atoms with Crippen LogP contribution in [0.4, 0.5) is 0 Å². The van der Waals surface area contributed by atoms with Gasteiger partial charge in [-0.25, -0.2) is 0 Å². The Morgan fingerprint density at radius 1 is 0.500 bits per heavy atom. The van der Waals surface area contributed by atoms with E-state index in [1.807, 2.05) is 0 Å². The second kappa shape index (κ2) is 10.4. The molecule has 0 aromatic carbocycles. The van der Waals surface area contributed by atoms with Crippen LogP contribution < -0.4 is 0 Å². The van der Waals surface area contributed by atoms with E-state index in [-0.39, 0.29) is 0 Å². The molecule has 0 spiro atoms. The zero-order valence-corrected chi connectivity index (χ0v) is 12.3. The fourth-order valence-corrected chi connectivity index (χ4v) is 11.3. The molecule has 0 aliphatic heterocycles. The van der Waals surface area contributed by atoms with E-state index in [0.29, 0.717) is 15.2 Å². The highest BCUT2D eigenvalue weighted by molar-refractivity contribution is 8.29. The van der Waals surface area contributed by atoms with Crippen molar-refractivity contribution in [3.8, 4) is 0 Å². The standard InChI is InChI=1S/C12H28P2/c1-5-9-13(10-6-2)14(11-7-3)12-8-4/h5-12H2,1-4H3. The normalized spacial score (nSPS) is 11.6. The molecule has 0 aromatic rings. The molecule has 0 aliphatic carbocycles. The van der Waals surface area contributed by atoms with Gasteiger partial charge in [-0.15, -0.1) is 0 Å². The summed E-state index contributed by atoms with van der Waals surface area (Å²) in [5.41, 5.74) is 0. The van der Waals surface area contributed by atoms with Gasteiger partial charge in [0.05, 0.1) is 0 Å². The first-order chi connectivity index (χ1) is 6.79. The zero-order chi connectivity index (χ0) is 10.8. The molecular formula is C12H28P2. The highest BCUT2D eigenvalue weighted by Crippen LogP contribution is 2.69. The minimum Gasteiger partial charge on any atom is -0.0810 e. The molecule has 0 amide bonds. The van der Waals surface area contributed by atoms with Gasteiger partial charge >= 0.3 is 0 Å². The molecule has 0 saturated carbocycles. The van der Waals surface area contributed by atoms with E-state index in [2.05, 4.69) is 27.7 Å². The second-order valence-corrected chi connectivity index (χ2v) is 11.1. The maximum Gasteiger partial charge on any atom is -0.0290 e. The molecule has 0 heterocycles. The van der Waals surface area contributed by atoms with Crippen LogP contribution in [0.15, 0.2) is 0 Å². The van der Waals surface area contributed by atoms with E-state index < -0.39 is 0 Å². The molecule has 14 heavy (non-hydrogen) atoms. The lowest BCUT2D eigenvalue weighted by molar-refractivity contribution is 1.05. The molecule has 0 aromatic heterocycles. The fourth-order valence-electron chi connectivity index (χ4n) is 1.82. The number of rotatable bonds is 9. The predicted octanol–water partition coefficient (Wildman–Crippen LogP) is 5.51. The van der Waals surface area contributed by atoms with Gasteiger partial charge in [-0.2, -0.15) is 0 Å². The summed E-state index contributed by atoms with van der Waals surface area (Å²) in [6.07, 6.45) is 11.9. The summed E-state index contributed by atoms with van der Waals surface area (Å²) in [4.78, 5) is 0. The van der Waals surface area contributed by atoms with Gasteiger partial charge in [0.2, 0.25) is 0 Å². The van der Waals surface area contributed by atoms with Gasteiger partial charge in [-0.05, 0) is 24.6 Å². The van der Waals surface area contributed by atoms with E-state index in [1.165, 1.54) is 25.7 Å². The minimum absolute atomic E-state index is 0.429.